The van der Waals surface area contributed by atoms with Crippen molar-refractivity contribution in [2.45, 2.75) is 31.5 Å². The summed E-state index contributed by atoms with van der Waals surface area (Å²) in [6.45, 7) is 5.19. The van der Waals surface area contributed by atoms with E-state index in [9.17, 15) is 4.79 Å². The summed E-state index contributed by atoms with van der Waals surface area (Å²) < 4.78 is 2.15. The molecule has 1 aliphatic heterocycles. The zero-order valence-corrected chi connectivity index (χ0v) is 23.5. The van der Waals surface area contributed by atoms with Gasteiger partial charge in [-0.15, -0.1) is 12.4 Å². The van der Waals surface area contributed by atoms with Crippen LogP contribution in [-0.4, -0.2) is 47.4 Å². The maximum atomic E-state index is 13.8. The van der Waals surface area contributed by atoms with Gasteiger partial charge in [0.1, 0.15) is 5.54 Å². The number of nitrogens with zero attached hydrogens (tertiary/aromatic N) is 2. The Hall–Kier alpha value is -1.70. The highest BCUT2D eigenvalue weighted by Crippen LogP contribution is 2.36. The molecule has 0 aromatic heterocycles. The first kappa shape index (κ1) is 26.4. The number of carbonyl (C=O) groups excluding carboxylic acids is 1. The Labute approximate surface area is 230 Å². The van der Waals surface area contributed by atoms with Gasteiger partial charge in [0.2, 0.25) is 5.91 Å². The van der Waals surface area contributed by atoms with E-state index in [1.54, 1.807) is 0 Å². The van der Waals surface area contributed by atoms with Crippen molar-refractivity contribution < 1.29 is 4.79 Å². The van der Waals surface area contributed by atoms with Crippen LogP contribution in [-0.2, 0) is 30.7 Å². The summed E-state index contributed by atoms with van der Waals surface area (Å²) in [4.78, 5) is 18.8. The van der Waals surface area contributed by atoms with Crippen molar-refractivity contribution in [3.05, 3.63) is 104 Å². The number of nitrogens with one attached hydrogen (secondary N) is 1. The van der Waals surface area contributed by atoms with Crippen LogP contribution in [0.3, 0.4) is 0 Å². The number of carbonyl (C=O) groups is 1. The van der Waals surface area contributed by atoms with E-state index in [1.165, 1.54) is 16.7 Å². The Bertz CT molecular complexity index is 1160. The zero-order chi connectivity index (χ0) is 23.5. The molecule has 3 aromatic rings. The molecule has 0 saturated carbocycles. The molecule has 0 bridgehead atoms. The second-order valence-corrected chi connectivity index (χ2v) is 11.2. The predicted molar refractivity (Wildman–Crippen MR) is 151 cm³/mol. The highest BCUT2D eigenvalue weighted by Gasteiger charge is 2.48. The molecule has 3 aromatic carbocycles. The summed E-state index contributed by atoms with van der Waals surface area (Å²) in [5, 5.41) is 3.28. The lowest BCUT2D eigenvalue weighted by Gasteiger charge is -2.45. The average Bonchev–Trinajstić information content (AvgIpc) is 3.24. The summed E-state index contributed by atoms with van der Waals surface area (Å²) in [7, 11) is 0. The molecule has 35 heavy (non-hydrogen) atoms. The largest absolute Gasteiger partial charge is 0.350 e. The van der Waals surface area contributed by atoms with Crippen molar-refractivity contribution in [1.82, 2.24) is 15.1 Å². The van der Waals surface area contributed by atoms with Crippen LogP contribution in [0.25, 0.3) is 0 Å². The number of halogens is 3. The molecule has 7 heteroatoms. The summed E-state index contributed by atoms with van der Waals surface area (Å²) >= 11 is 7.11. The third-order valence-electron chi connectivity index (χ3n) is 7.12. The van der Waals surface area contributed by atoms with E-state index < -0.39 is 5.54 Å². The van der Waals surface area contributed by atoms with E-state index in [-0.39, 0.29) is 18.3 Å². The number of fused-ring (bicyclic) bond motifs is 1. The van der Waals surface area contributed by atoms with Gasteiger partial charge in [-0.25, -0.2) is 0 Å². The highest BCUT2D eigenvalue weighted by molar-refractivity contribution is 9.10. The van der Waals surface area contributed by atoms with Crippen LogP contribution >= 0.6 is 44.3 Å². The number of piperazine rings is 1. The Balaban J connectivity index is 0.00000289. The first-order valence-corrected chi connectivity index (χ1v) is 13.4. The minimum atomic E-state index is -0.516. The lowest BCUT2D eigenvalue weighted by atomic mass is 9.90. The molecule has 4 nitrogen and oxygen atoms in total. The van der Waals surface area contributed by atoms with E-state index >= 15 is 0 Å². The lowest BCUT2D eigenvalue weighted by molar-refractivity contribution is -0.135. The van der Waals surface area contributed by atoms with Gasteiger partial charge in [0.05, 0.1) is 0 Å². The summed E-state index contributed by atoms with van der Waals surface area (Å²) in [5.41, 5.74) is 4.51. The van der Waals surface area contributed by atoms with Crippen LogP contribution in [0.1, 0.15) is 22.3 Å². The van der Waals surface area contributed by atoms with E-state index in [4.69, 9.17) is 0 Å². The Morgan fingerprint density at radius 1 is 0.800 bits per heavy atom. The molecular formula is C28H30Br2ClN3O. The van der Waals surface area contributed by atoms with Gasteiger partial charge in [-0.2, -0.15) is 0 Å². The monoisotopic (exact) mass is 617 g/mol. The number of benzene rings is 3. The third-order valence-corrected chi connectivity index (χ3v) is 8.11. The topological polar surface area (TPSA) is 35.6 Å². The fourth-order valence-corrected chi connectivity index (χ4v) is 6.24. The fraction of sp³-hybridized carbons (Fsp3) is 0.321. The third kappa shape index (κ3) is 6.00. The van der Waals surface area contributed by atoms with Crippen LogP contribution in [0, 0.1) is 0 Å². The molecule has 1 N–H and O–H groups in total. The Kier molecular flexibility index (Phi) is 8.71. The summed E-state index contributed by atoms with van der Waals surface area (Å²) in [6.07, 6.45) is 1.55. The second-order valence-electron chi connectivity index (χ2n) is 9.36. The second kappa shape index (κ2) is 11.6. The normalized spacial score (nSPS) is 17.4. The van der Waals surface area contributed by atoms with Crippen molar-refractivity contribution in [1.29, 1.82) is 0 Å². The van der Waals surface area contributed by atoms with Gasteiger partial charge in [-0.3, -0.25) is 14.6 Å². The zero-order valence-electron chi connectivity index (χ0n) is 19.6. The van der Waals surface area contributed by atoms with Gasteiger partial charge in [0, 0.05) is 61.1 Å². The van der Waals surface area contributed by atoms with Gasteiger partial charge in [0.25, 0.3) is 0 Å². The molecule has 1 fully saturated rings. The molecule has 0 unspecified atom stereocenters. The van der Waals surface area contributed by atoms with Crippen LogP contribution < -0.4 is 5.32 Å². The number of rotatable bonds is 6. The lowest BCUT2D eigenvalue weighted by Crippen LogP contribution is -2.64. The van der Waals surface area contributed by atoms with E-state index in [0.29, 0.717) is 6.54 Å². The van der Waals surface area contributed by atoms with Crippen molar-refractivity contribution in [2.24, 2.45) is 0 Å². The molecule has 0 radical (unpaired) electrons. The molecule has 0 atom stereocenters. The van der Waals surface area contributed by atoms with Crippen LogP contribution in [0.2, 0.25) is 0 Å². The minimum Gasteiger partial charge on any atom is -0.350 e. The van der Waals surface area contributed by atoms with Crippen LogP contribution in [0.5, 0.6) is 0 Å². The maximum Gasteiger partial charge on any atom is 0.241 e. The highest BCUT2D eigenvalue weighted by atomic mass is 79.9. The van der Waals surface area contributed by atoms with Crippen molar-refractivity contribution in [2.75, 3.05) is 26.2 Å². The van der Waals surface area contributed by atoms with Crippen molar-refractivity contribution in [3.63, 3.8) is 0 Å². The van der Waals surface area contributed by atoms with E-state index in [0.717, 1.165) is 60.1 Å². The smallest absolute Gasteiger partial charge is 0.241 e. The molecule has 1 saturated heterocycles. The van der Waals surface area contributed by atoms with Crippen LogP contribution in [0.15, 0.2) is 81.7 Å². The van der Waals surface area contributed by atoms with Gasteiger partial charge < -0.3 is 5.32 Å². The molecule has 1 amide bonds. The SMILES string of the molecule is Cl.O=C(NCc1cccc(Br)c1)C1(N2CCN(Cc3cccc(Br)c3)CC2)Cc2ccccc2C1. The fourth-order valence-electron chi connectivity index (χ4n) is 5.34. The predicted octanol–water partition coefficient (Wildman–Crippen LogP) is 5.61. The van der Waals surface area contributed by atoms with Gasteiger partial charge in [-0.1, -0.05) is 80.4 Å². The van der Waals surface area contributed by atoms with Gasteiger partial charge in [-0.05, 0) is 46.5 Å². The van der Waals surface area contributed by atoms with Gasteiger partial charge in [0.15, 0.2) is 0 Å². The Morgan fingerprint density at radius 2 is 1.37 bits per heavy atom. The van der Waals surface area contributed by atoms with Crippen molar-refractivity contribution in [3.8, 4) is 0 Å². The molecule has 0 spiro atoms. The first-order valence-electron chi connectivity index (χ1n) is 11.8. The Morgan fingerprint density at radius 3 is 1.97 bits per heavy atom. The van der Waals surface area contributed by atoms with Gasteiger partial charge >= 0.3 is 0 Å². The molecule has 184 valence electrons. The molecule has 1 heterocycles. The van der Waals surface area contributed by atoms with E-state index in [2.05, 4.69) is 108 Å². The number of hydrogen-bond acceptors (Lipinski definition) is 3. The minimum absolute atomic E-state index is 0. The molecule has 5 rings (SSSR count). The molecule has 2 aliphatic rings. The maximum absolute atomic E-state index is 13.8. The standard InChI is InChI=1S/C28H29Br2N3O.ClH/c29-25-9-3-5-21(15-25)19-31-27(34)28(17-23-7-1-2-8-24(23)18-28)33-13-11-32(12-14-33)20-22-6-4-10-26(30)16-22;/h1-10,15-16H,11-14,17-20H2,(H,31,34);1H. The number of amides is 1. The molecule has 1 aliphatic carbocycles. The number of hydrogen-bond donors (Lipinski definition) is 1. The first-order chi connectivity index (χ1) is 16.5. The average molecular weight is 620 g/mol. The van der Waals surface area contributed by atoms with E-state index in [1.807, 2.05) is 12.1 Å². The summed E-state index contributed by atoms with van der Waals surface area (Å²) in [6, 6.07) is 25.2. The summed E-state index contributed by atoms with van der Waals surface area (Å²) in [5.74, 6) is 0.143. The quantitative estimate of drug-likeness (QED) is 0.390. The molecular weight excluding hydrogens is 590 g/mol. The van der Waals surface area contributed by atoms with Crippen LogP contribution in [0.4, 0.5) is 0 Å². The van der Waals surface area contributed by atoms with Crippen molar-refractivity contribution >= 4 is 50.2 Å².